The van der Waals surface area contributed by atoms with E-state index in [1.54, 1.807) is 5.30 Å². The summed E-state index contributed by atoms with van der Waals surface area (Å²) >= 11 is 0. The molecule has 0 spiro atoms. The van der Waals surface area contributed by atoms with E-state index in [-0.39, 0.29) is 0 Å². The molecular formula is C15H25P. The maximum atomic E-state index is 2.39. The first-order valence-corrected chi connectivity index (χ1v) is 8.18. The monoisotopic (exact) mass is 236 g/mol. The summed E-state index contributed by atoms with van der Waals surface area (Å²) in [5.74, 6) is 3.27. The lowest BCUT2D eigenvalue weighted by Gasteiger charge is -2.15. The summed E-state index contributed by atoms with van der Waals surface area (Å²) in [4.78, 5) is 0. The van der Waals surface area contributed by atoms with E-state index < -0.39 is 0 Å². The van der Waals surface area contributed by atoms with E-state index in [9.17, 15) is 0 Å². The molecule has 1 aliphatic carbocycles. The number of rotatable bonds is 1. The largest absolute Gasteiger partial charge is 0.136 e. The van der Waals surface area contributed by atoms with E-state index in [0.717, 1.165) is 14.1 Å². The minimum atomic E-state index is 0.923. The number of hydrogen-bond donors (Lipinski definition) is 0. The fourth-order valence-corrected chi connectivity index (χ4v) is 4.00. The van der Waals surface area contributed by atoms with Crippen molar-refractivity contribution >= 4 is 8.19 Å². The zero-order valence-electron chi connectivity index (χ0n) is 10.4. The van der Waals surface area contributed by atoms with Gasteiger partial charge >= 0.3 is 0 Å². The Bertz CT molecular complexity index is 251. The predicted octanol–water partition coefficient (Wildman–Crippen LogP) is 5.72. The highest BCUT2D eigenvalue weighted by Crippen LogP contribution is 2.34. The van der Waals surface area contributed by atoms with Crippen LogP contribution in [-0.4, -0.2) is 0 Å². The molecule has 90 valence electrons. The third-order valence-electron chi connectivity index (χ3n) is 3.92. The fourth-order valence-electron chi connectivity index (χ4n) is 2.90. The van der Waals surface area contributed by atoms with Gasteiger partial charge in [-0.15, -0.1) is 8.19 Å². The zero-order chi connectivity index (χ0) is 11.1. The minimum Gasteiger partial charge on any atom is -0.136 e. The van der Waals surface area contributed by atoms with Crippen molar-refractivity contribution in [2.45, 2.75) is 70.1 Å². The van der Waals surface area contributed by atoms with Gasteiger partial charge in [0.2, 0.25) is 0 Å². The number of hydrogen-bond acceptors (Lipinski definition) is 0. The molecule has 0 bridgehead atoms. The highest BCUT2D eigenvalue weighted by Gasteiger charge is 2.11. The summed E-state index contributed by atoms with van der Waals surface area (Å²) in [6.45, 7) is 0. The molecule has 1 heterocycles. The Hall–Kier alpha value is -0.220. The second kappa shape index (κ2) is 7.17. The molecule has 0 saturated heterocycles. The molecule has 0 nitrogen and oxygen atoms in total. The van der Waals surface area contributed by atoms with E-state index in [1.807, 2.05) is 0 Å². The van der Waals surface area contributed by atoms with Crippen LogP contribution >= 0.6 is 8.19 Å². The van der Waals surface area contributed by atoms with Crippen LogP contribution in [0.2, 0.25) is 0 Å². The Morgan fingerprint density at radius 2 is 1.38 bits per heavy atom. The van der Waals surface area contributed by atoms with Crippen LogP contribution in [0.4, 0.5) is 0 Å². The van der Waals surface area contributed by atoms with Crippen LogP contribution in [0.5, 0.6) is 0 Å². The maximum absolute atomic E-state index is 2.39. The van der Waals surface area contributed by atoms with Gasteiger partial charge < -0.3 is 0 Å². The average molecular weight is 236 g/mol. The first kappa shape index (κ1) is 12.2. The molecule has 16 heavy (non-hydrogen) atoms. The lowest BCUT2D eigenvalue weighted by Crippen LogP contribution is -1.96. The van der Waals surface area contributed by atoms with Gasteiger partial charge in [0, 0.05) is 0 Å². The van der Waals surface area contributed by atoms with Crippen molar-refractivity contribution in [3.8, 4) is 0 Å². The third-order valence-corrected chi connectivity index (χ3v) is 5.18. The van der Waals surface area contributed by atoms with E-state index in [4.69, 9.17) is 0 Å². The summed E-state index contributed by atoms with van der Waals surface area (Å²) in [6.07, 6.45) is 14.7. The SMILES string of the molecule is c1c[pH]c(C2CCCCCCCCCC2)c1. The Balaban J connectivity index is 1.88. The zero-order valence-corrected chi connectivity index (χ0v) is 11.4. The molecule has 1 atom stereocenters. The summed E-state index contributed by atoms with van der Waals surface area (Å²) in [5, 5.41) is 1.75. The lowest BCUT2D eigenvalue weighted by molar-refractivity contribution is 0.520. The maximum Gasteiger partial charge on any atom is -0.0127 e. The molecule has 0 radical (unpaired) electrons. The van der Waals surface area contributed by atoms with Gasteiger partial charge in [-0.3, -0.25) is 0 Å². The molecule has 1 unspecified atom stereocenters. The highest BCUT2D eigenvalue weighted by molar-refractivity contribution is 7.30. The first-order chi connectivity index (χ1) is 7.97. The fraction of sp³-hybridized carbons (Fsp3) is 0.733. The second-order valence-corrected chi connectivity index (χ2v) is 6.43. The van der Waals surface area contributed by atoms with Crippen LogP contribution in [-0.2, 0) is 0 Å². The van der Waals surface area contributed by atoms with Gasteiger partial charge in [-0.2, -0.15) is 0 Å². The van der Waals surface area contributed by atoms with Gasteiger partial charge in [-0.25, -0.2) is 0 Å². The molecule has 1 aromatic rings. The molecule has 1 heteroatoms. The first-order valence-electron chi connectivity index (χ1n) is 7.10. The summed E-state index contributed by atoms with van der Waals surface area (Å²) in [7, 11) is 1.00. The molecule has 1 aromatic heterocycles. The van der Waals surface area contributed by atoms with Crippen LogP contribution in [0, 0.1) is 0 Å². The Kier molecular flexibility index (Phi) is 5.49. The molecule has 2 rings (SSSR count). The van der Waals surface area contributed by atoms with Crippen molar-refractivity contribution < 1.29 is 0 Å². The van der Waals surface area contributed by atoms with Crippen molar-refractivity contribution in [2.24, 2.45) is 0 Å². The average Bonchev–Trinajstić information content (AvgIpc) is 2.79. The summed E-state index contributed by atoms with van der Waals surface area (Å²) in [5.41, 5.74) is 0. The third kappa shape index (κ3) is 3.98. The van der Waals surface area contributed by atoms with Crippen LogP contribution in [0.3, 0.4) is 0 Å². The lowest BCUT2D eigenvalue weighted by atomic mass is 9.94. The predicted molar refractivity (Wildman–Crippen MR) is 74.9 cm³/mol. The van der Waals surface area contributed by atoms with Crippen LogP contribution < -0.4 is 0 Å². The Morgan fingerprint density at radius 1 is 0.812 bits per heavy atom. The molecule has 0 N–H and O–H groups in total. The Labute approximate surface area is 102 Å². The van der Waals surface area contributed by atoms with Crippen LogP contribution in [0.1, 0.15) is 75.4 Å². The summed E-state index contributed by atoms with van der Waals surface area (Å²) in [6, 6.07) is 4.65. The topological polar surface area (TPSA) is 0 Å². The molecule has 1 saturated carbocycles. The van der Waals surface area contributed by atoms with E-state index >= 15 is 0 Å². The van der Waals surface area contributed by atoms with E-state index in [1.165, 1.54) is 64.2 Å². The Morgan fingerprint density at radius 3 is 1.88 bits per heavy atom. The van der Waals surface area contributed by atoms with Gasteiger partial charge in [-0.05, 0) is 29.9 Å². The van der Waals surface area contributed by atoms with E-state index in [2.05, 4.69) is 17.9 Å². The van der Waals surface area contributed by atoms with Crippen molar-refractivity contribution in [1.82, 2.24) is 0 Å². The molecule has 0 aromatic carbocycles. The summed E-state index contributed by atoms with van der Waals surface area (Å²) < 4.78 is 0. The van der Waals surface area contributed by atoms with Crippen molar-refractivity contribution in [1.29, 1.82) is 0 Å². The van der Waals surface area contributed by atoms with E-state index in [0.29, 0.717) is 0 Å². The molecule has 1 aliphatic rings. The van der Waals surface area contributed by atoms with Crippen molar-refractivity contribution in [3.05, 3.63) is 23.2 Å². The second-order valence-electron chi connectivity index (χ2n) is 5.23. The minimum absolute atomic E-state index is 0.923. The van der Waals surface area contributed by atoms with Crippen molar-refractivity contribution in [3.63, 3.8) is 0 Å². The quantitative estimate of drug-likeness (QED) is 0.585. The van der Waals surface area contributed by atoms with Crippen molar-refractivity contribution in [2.75, 3.05) is 0 Å². The normalized spacial score (nSPS) is 22.0. The van der Waals surface area contributed by atoms with Crippen LogP contribution in [0.25, 0.3) is 0 Å². The standard InChI is InChI=1S/C15H25P/c1-2-4-6-8-11-14(10-7-5-3-1)15-12-9-13-16-15/h9,12-14,16H,1-8,10-11H2. The molecule has 0 amide bonds. The molecule has 0 aliphatic heterocycles. The van der Waals surface area contributed by atoms with Gasteiger partial charge in [0.1, 0.15) is 0 Å². The van der Waals surface area contributed by atoms with Crippen LogP contribution in [0.15, 0.2) is 17.9 Å². The van der Waals surface area contributed by atoms with Gasteiger partial charge in [-0.1, -0.05) is 63.5 Å². The molecular weight excluding hydrogens is 211 g/mol. The smallest absolute Gasteiger partial charge is 0.0127 e. The van der Waals surface area contributed by atoms with Gasteiger partial charge in [0.15, 0.2) is 0 Å². The van der Waals surface area contributed by atoms with Gasteiger partial charge in [0.25, 0.3) is 0 Å². The van der Waals surface area contributed by atoms with Gasteiger partial charge in [0.05, 0.1) is 0 Å². The highest BCUT2D eigenvalue weighted by atomic mass is 31.0. The molecule has 1 fully saturated rings.